The first kappa shape index (κ1) is 28.3. The standard InChI is InChI=1S/C31H35N3O5S/c1-17-7-5-8-18(2)24(17)14-33-13-23(12-25(33)30(38)32-22-10-6-9-21(11-22)15-35)40-29-19(3)28-27(20(4)37)31(39)34(28)26(29)16-36/h5-11,15-16,19-20,23,25,27-28,37H,12-14H2,1-4H3,(H,32,38)/t19-,20-,23+,25+,27-,28-/m1/s1. The number of fused-ring (bicyclic) bond motifs is 1. The Hall–Kier alpha value is -3.27. The van der Waals surface area contributed by atoms with E-state index in [4.69, 9.17) is 0 Å². The molecule has 2 aromatic carbocycles. The van der Waals surface area contributed by atoms with Gasteiger partial charge in [-0.15, -0.1) is 11.8 Å². The minimum absolute atomic E-state index is 0.0209. The second kappa shape index (κ2) is 11.3. The van der Waals surface area contributed by atoms with Gasteiger partial charge in [0.15, 0.2) is 6.29 Å². The number of nitrogens with one attached hydrogen (secondary N) is 1. The number of β-lactam (4-membered cyclic amide) rings is 1. The first-order chi connectivity index (χ1) is 19.1. The summed E-state index contributed by atoms with van der Waals surface area (Å²) in [6.45, 7) is 9.01. The number of benzene rings is 2. The number of aldehydes is 2. The van der Waals surface area contributed by atoms with Crippen molar-refractivity contribution in [3.63, 3.8) is 0 Å². The van der Waals surface area contributed by atoms with Gasteiger partial charge in [-0.05, 0) is 56.0 Å². The SMILES string of the molecule is Cc1cccc(C)c1CN1C[C@@H](SC2=C(C=O)N3C(=O)[C@H]([C@@H](C)O)[C@H]3[C@H]2C)C[C@H]1C(=O)Nc1cccc(C=O)c1. The van der Waals surface area contributed by atoms with E-state index in [1.807, 2.05) is 13.0 Å². The molecule has 3 aliphatic heterocycles. The van der Waals surface area contributed by atoms with E-state index in [2.05, 4.69) is 36.2 Å². The summed E-state index contributed by atoms with van der Waals surface area (Å²) in [6.07, 6.45) is 1.29. The normalized spacial score (nSPS) is 26.9. The summed E-state index contributed by atoms with van der Waals surface area (Å²) in [6, 6.07) is 12.4. The van der Waals surface area contributed by atoms with Gasteiger partial charge in [0.25, 0.3) is 0 Å². The van der Waals surface area contributed by atoms with Crippen LogP contribution in [0.15, 0.2) is 53.1 Å². The lowest BCUT2D eigenvalue weighted by molar-refractivity contribution is -0.160. The van der Waals surface area contributed by atoms with Crippen LogP contribution in [0.25, 0.3) is 0 Å². The maximum Gasteiger partial charge on any atom is 0.241 e. The van der Waals surface area contributed by atoms with Crippen molar-refractivity contribution >= 4 is 41.8 Å². The van der Waals surface area contributed by atoms with E-state index in [0.29, 0.717) is 36.5 Å². The zero-order valence-electron chi connectivity index (χ0n) is 23.2. The predicted molar refractivity (Wildman–Crippen MR) is 155 cm³/mol. The zero-order chi connectivity index (χ0) is 28.7. The van der Waals surface area contributed by atoms with Gasteiger partial charge in [-0.2, -0.15) is 0 Å². The van der Waals surface area contributed by atoms with Crippen molar-refractivity contribution in [3.8, 4) is 0 Å². The molecule has 8 nitrogen and oxygen atoms in total. The summed E-state index contributed by atoms with van der Waals surface area (Å²) in [5, 5.41) is 13.2. The number of likely N-dealkylation sites (tertiary alicyclic amines) is 1. The van der Waals surface area contributed by atoms with Crippen LogP contribution in [0.2, 0.25) is 0 Å². The highest BCUT2D eigenvalue weighted by Crippen LogP contribution is 2.51. The molecular formula is C31H35N3O5S. The monoisotopic (exact) mass is 561 g/mol. The van der Waals surface area contributed by atoms with Gasteiger partial charge in [0, 0.05) is 40.4 Å². The molecule has 0 unspecified atom stereocenters. The zero-order valence-corrected chi connectivity index (χ0v) is 24.0. The van der Waals surface area contributed by atoms with E-state index < -0.39 is 18.1 Å². The fraction of sp³-hybridized carbons (Fsp3) is 0.419. The molecule has 6 atom stereocenters. The number of nitrogens with zero attached hydrogens (tertiary/aromatic N) is 2. The molecule has 5 rings (SSSR count). The number of aryl methyl sites for hydroxylation is 2. The molecule has 0 bridgehead atoms. The molecule has 2 amide bonds. The topological polar surface area (TPSA) is 107 Å². The van der Waals surface area contributed by atoms with Crippen LogP contribution >= 0.6 is 11.8 Å². The third-order valence-electron chi connectivity index (χ3n) is 8.52. The van der Waals surface area contributed by atoms with Crippen molar-refractivity contribution in [2.75, 3.05) is 11.9 Å². The van der Waals surface area contributed by atoms with E-state index in [9.17, 15) is 24.3 Å². The number of rotatable bonds is 9. The highest BCUT2D eigenvalue weighted by atomic mass is 32.2. The van der Waals surface area contributed by atoms with Crippen LogP contribution in [0.4, 0.5) is 5.69 Å². The third-order valence-corrected chi connectivity index (χ3v) is 10.0. The highest BCUT2D eigenvalue weighted by Gasteiger charge is 2.58. The first-order valence-corrected chi connectivity index (χ1v) is 14.5. The fourth-order valence-electron chi connectivity index (χ4n) is 6.42. The Morgan fingerprint density at radius 3 is 2.50 bits per heavy atom. The van der Waals surface area contributed by atoms with Gasteiger partial charge in [0.2, 0.25) is 11.8 Å². The number of allylic oxidation sites excluding steroid dienone is 1. The molecule has 210 valence electrons. The number of thioether (sulfide) groups is 1. The van der Waals surface area contributed by atoms with Crippen LogP contribution in [0.5, 0.6) is 0 Å². The smallest absolute Gasteiger partial charge is 0.241 e. The number of aliphatic hydroxyl groups is 1. The summed E-state index contributed by atoms with van der Waals surface area (Å²) >= 11 is 1.58. The lowest BCUT2D eigenvalue weighted by Crippen LogP contribution is -2.63. The number of hydrogen-bond acceptors (Lipinski definition) is 7. The summed E-state index contributed by atoms with van der Waals surface area (Å²) in [5.74, 6) is -0.932. The van der Waals surface area contributed by atoms with Gasteiger partial charge in [-0.1, -0.05) is 37.3 Å². The Kier molecular flexibility index (Phi) is 7.99. The number of carbonyl (C=O) groups is 4. The summed E-state index contributed by atoms with van der Waals surface area (Å²) in [4.78, 5) is 54.3. The maximum absolute atomic E-state index is 13.6. The first-order valence-electron chi connectivity index (χ1n) is 13.7. The van der Waals surface area contributed by atoms with Crippen molar-refractivity contribution in [2.45, 2.75) is 64.1 Å². The van der Waals surface area contributed by atoms with E-state index in [-0.39, 0.29) is 29.0 Å². The number of amides is 2. The average Bonchev–Trinajstić information content (AvgIpc) is 3.42. The molecule has 2 saturated heterocycles. The van der Waals surface area contributed by atoms with Crippen LogP contribution < -0.4 is 5.32 Å². The number of hydrogen-bond donors (Lipinski definition) is 2. The molecular weight excluding hydrogens is 526 g/mol. The van der Waals surface area contributed by atoms with Gasteiger partial charge in [-0.25, -0.2) is 0 Å². The summed E-state index contributed by atoms with van der Waals surface area (Å²) in [7, 11) is 0. The molecule has 0 aromatic heterocycles. The second-order valence-corrected chi connectivity index (χ2v) is 12.5. The maximum atomic E-state index is 13.6. The van der Waals surface area contributed by atoms with Gasteiger partial charge in [0.1, 0.15) is 6.29 Å². The Bertz CT molecular complexity index is 1370. The van der Waals surface area contributed by atoms with E-state index in [1.54, 1.807) is 47.9 Å². The predicted octanol–water partition coefficient (Wildman–Crippen LogP) is 3.70. The van der Waals surface area contributed by atoms with Crippen LogP contribution in [-0.4, -0.2) is 69.3 Å². The summed E-state index contributed by atoms with van der Waals surface area (Å²) < 4.78 is 0. The van der Waals surface area contributed by atoms with Gasteiger partial charge >= 0.3 is 0 Å². The minimum atomic E-state index is -0.779. The summed E-state index contributed by atoms with van der Waals surface area (Å²) in [5.41, 5.74) is 4.96. The Morgan fingerprint density at radius 1 is 1.15 bits per heavy atom. The Labute approximate surface area is 238 Å². The number of carbonyl (C=O) groups excluding carboxylic acids is 4. The van der Waals surface area contributed by atoms with Gasteiger partial charge < -0.3 is 15.3 Å². The number of aliphatic hydroxyl groups excluding tert-OH is 1. The Morgan fingerprint density at radius 2 is 1.85 bits per heavy atom. The van der Waals surface area contributed by atoms with Crippen molar-refractivity contribution in [2.24, 2.45) is 11.8 Å². The van der Waals surface area contributed by atoms with Crippen molar-refractivity contribution in [1.29, 1.82) is 0 Å². The molecule has 0 spiro atoms. The van der Waals surface area contributed by atoms with Crippen molar-refractivity contribution in [1.82, 2.24) is 9.80 Å². The molecule has 3 aliphatic rings. The quantitative estimate of drug-likeness (QED) is 0.355. The molecule has 2 aromatic rings. The fourth-order valence-corrected chi connectivity index (χ4v) is 7.94. The highest BCUT2D eigenvalue weighted by molar-refractivity contribution is 8.03. The molecule has 0 aliphatic carbocycles. The molecule has 40 heavy (non-hydrogen) atoms. The lowest BCUT2D eigenvalue weighted by Gasteiger charge is -2.46. The van der Waals surface area contributed by atoms with E-state index >= 15 is 0 Å². The number of anilines is 1. The minimum Gasteiger partial charge on any atom is -0.393 e. The molecule has 9 heteroatoms. The van der Waals surface area contributed by atoms with Crippen molar-refractivity contribution in [3.05, 3.63) is 75.3 Å². The van der Waals surface area contributed by atoms with E-state index in [0.717, 1.165) is 28.6 Å². The van der Waals surface area contributed by atoms with Crippen LogP contribution in [-0.2, 0) is 20.9 Å². The molecule has 0 saturated carbocycles. The second-order valence-electron chi connectivity index (χ2n) is 11.1. The molecule has 0 radical (unpaired) electrons. The molecule has 2 N–H and O–H groups in total. The average molecular weight is 562 g/mol. The van der Waals surface area contributed by atoms with Crippen LogP contribution in [0.1, 0.15) is 47.3 Å². The molecule has 2 fully saturated rings. The van der Waals surface area contributed by atoms with Gasteiger partial charge in [-0.3, -0.25) is 24.1 Å². The van der Waals surface area contributed by atoms with E-state index in [1.165, 1.54) is 5.56 Å². The largest absolute Gasteiger partial charge is 0.393 e. The molecule has 3 heterocycles. The Balaban J connectivity index is 1.40. The third kappa shape index (κ3) is 5.02. The van der Waals surface area contributed by atoms with Crippen LogP contribution in [0.3, 0.4) is 0 Å². The lowest BCUT2D eigenvalue weighted by atomic mass is 9.79. The van der Waals surface area contributed by atoms with Gasteiger partial charge in [0.05, 0.1) is 29.8 Å². The van der Waals surface area contributed by atoms with Crippen molar-refractivity contribution < 1.29 is 24.3 Å². The van der Waals surface area contributed by atoms with Crippen LogP contribution in [0, 0.1) is 25.7 Å².